The average Bonchev–Trinajstić information content (AvgIpc) is 3.00. The Bertz CT molecular complexity index is 438. The number of nitrogens with one attached hydrogen (secondary N) is 1. The zero-order chi connectivity index (χ0) is 14.5. The van der Waals surface area contributed by atoms with Crippen molar-refractivity contribution in [2.75, 3.05) is 30.4 Å². The number of hydrogen-bond donors (Lipinski definition) is 1. The molecular formula is C16H24N2O2. The molecule has 0 radical (unpaired) electrons. The Hall–Kier alpha value is -1.71. The van der Waals surface area contributed by atoms with Crippen LogP contribution in [-0.4, -0.2) is 32.2 Å². The highest BCUT2D eigenvalue weighted by Crippen LogP contribution is 2.23. The first-order valence-corrected chi connectivity index (χ1v) is 7.31. The van der Waals surface area contributed by atoms with E-state index in [-0.39, 0.29) is 17.9 Å². The monoisotopic (exact) mass is 276 g/mol. The maximum absolute atomic E-state index is 11.5. The second-order valence-electron chi connectivity index (χ2n) is 5.49. The summed E-state index contributed by atoms with van der Waals surface area (Å²) in [7, 11) is 1.43. The number of carbonyl (C=O) groups excluding carboxylic acids is 1. The molecule has 20 heavy (non-hydrogen) atoms. The summed E-state index contributed by atoms with van der Waals surface area (Å²) in [6.45, 7) is 6.18. The second kappa shape index (κ2) is 6.64. The molecular weight excluding hydrogens is 252 g/mol. The molecule has 1 N–H and O–H groups in total. The van der Waals surface area contributed by atoms with E-state index in [2.05, 4.69) is 34.5 Å². The van der Waals surface area contributed by atoms with E-state index >= 15 is 0 Å². The van der Waals surface area contributed by atoms with Gasteiger partial charge in [0.1, 0.15) is 0 Å². The molecule has 1 heterocycles. The van der Waals surface area contributed by atoms with Crippen LogP contribution in [0.5, 0.6) is 0 Å². The topological polar surface area (TPSA) is 41.6 Å². The third-order valence-corrected chi connectivity index (χ3v) is 4.06. The quantitative estimate of drug-likeness (QED) is 0.840. The minimum atomic E-state index is -0.182. The second-order valence-corrected chi connectivity index (χ2v) is 5.49. The Balaban J connectivity index is 1.94. The largest absolute Gasteiger partial charge is 0.469 e. The molecule has 1 aromatic rings. The summed E-state index contributed by atoms with van der Waals surface area (Å²) in [5.74, 6) is -0.350. The lowest BCUT2D eigenvalue weighted by Crippen LogP contribution is -2.30. The first kappa shape index (κ1) is 14.7. The summed E-state index contributed by atoms with van der Waals surface area (Å²) in [4.78, 5) is 13.9. The number of methoxy groups -OCH3 is 1. The van der Waals surface area contributed by atoms with E-state index in [4.69, 9.17) is 4.74 Å². The Labute approximate surface area is 121 Å². The van der Waals surface area contributed by atoms with Crippen LogP contribution < -0.4 is 10.2 Å². The van der Waals surface area contributed by atoms with Gasteiger partial charge in [-0.2, -0.15) is 0 Å². The number of esters is 1. The van der Waals surface area contributed by atoms with Crippen molar-refractivity contribution in [1.29, 1.82) is 0 Å². The summed E-state index contributed by atoms with van der Waals surface area (Å²) >= 11 is 0. The highest BCUT2D eigenvalue weighted by Gasteiger charge is 2.20. The number of nitrogens with zero attached hydrogens (tertiary/aromatic N) is 1. The molecule has 110 valence electrons. The van der Waals surface area contributed by atoms with Gasteiger partial charge in [-0.3, -0.25) is 4.79 Å². The lowest BCUT2D eigenvalue weighted by molar-refractivity contribution is -0.145. The fourth-order valence-corrected chi connectivity index (χ4v) is 2.52. The molecule has 1 aromatic carbocycles. The SMILES string of the molecule is COC(=O)C(C)C(C)Nc1ccc(N2CCCC2)cc1. The number of anilines is 2. The number of benzene rings is 1. The van der Waals surface area contributed by atoms with Gasteiger partial charge in [-0.1, -0.05) is 0 Å². The Morgan fingerprint density at radius 2 is 1.80 bits per heavy atom. The van der Waals surface area contributed by atoms with Crippen molar-refractivity contribution in [2.45, 2.75) is 32.7 Å². The van der Waals surface area contributed by atoms with Crippen LogP contribution in [0.4, 0.5) is 11.4 Å². The first-order valence-electron chi connectivity index (χ1n) is 7.31. The molecule has 2 rings (SSSR count). The molecule has 0 bridgehead atoms. The molecule has 1 aliphatic rings. The van der Waals surface area contributed by atoms with Gasteiger partial charge in [0.15, 0.2) is 0 Å². The van der Waals surface area contributed by atoms with Crippen molar-refractivity contribution in [3.8, 4) is 0 Å². The maximum Gasteiger partial charge on any atom is 0.310 e. The maximum atomic E-state index is 11.5. The highest BCUT2D eigenvalue weighted by molar-refractivity contribution is 5.73. The third-order valence-electron chi connectivity index (χ3n) is 4.06. The highest BCUT2D eigenvalue weighted by atomic mass is 16.5. The van der Waals surface area contributed by atoms with Gasteiger partial charge < -0.3 is 15.0 Å². The van der Waals surface area contributed by atoms with Gasteiger partial charge in [-0.25, -0.2) is 0 Å². The van der Waals surface area contributed by atoms with E-state index in [1.165, 1.54) is 25.6 Å². The molecule has 2 atom stereocenters. The van der Waals surface area contributed by atoms with Gasteiger partial charge in [-0.15, -0.1) is 0 Å². The zero-order valence-electron chi connectivity index (χ0n) is 12.6. The van der Waals surface area contributed by atoms with Crippen LogP contribution in [0.15, 0.2) is 24.3 Å². The predicted molar refractivity (Wildman–Crippen MR) is 82.2 cm³/mol. The molecule has 1 saturated heterocycles. The van der Waals surface area contributed by atoms with Crippen molar-refractivity contribution >= 4 is 17.3 Å². The van der Waals surface area contributed by atoms with Crippen molar-refractivity contribution in [3.63, 3.8) is 0 Å². The van der Waals surface area contributed by atoms with E-state index in [9.17, 15) is 4.79 Å². The van der Waals surface area contributed by atoms with Crippen LogP contribution in [0, 0.1) is 5.92 Å². The lowest BCUT2D eigenvalue weighted by Gasteiger charge is -2.22. The van der Waals surface area contributed by atoms with Crippen molar-refractivity contribution < 1.29 is 9.53 Å². The van der Waals surface area contributed by atoms with Crippen LogP contribution in [0.1, 0.15) is 26.7 Å². The first-order chi connectivity index (χ1) is 9.61. The molecule has 4 nitrogen and oxygen atoms in total. The molecule has 2 unspecified atom stereocenters. The van der Waals surface area contributed by atoms with Gasteiger partial charge in [0.25, 0.3) is 0 Å². The van der Waals surface area contributed by atoms with Crippen molar-refractivity contribution in [2.24, 2.45) is 5.92 Å². The minimum Gasteiger partial charge on any atom is -0.469 e. The Morgan fingerprint density at radius 3 is 2.35 bits per heavy atom. The van der Waals surface area contributed by atoms with E-state index < -0.39 is 0 Å². The summed E-state index contributed by atoms with van der Waals surface area (Å²) in [5.41, 5.74) is 2.32. The summed E-state index contributed by atoms with van der Waals surface area (Å²) in [6, 6.07) is 8.48. The summed E-state index contributed by atoms with van der Waals surface area (Å²) < 4.78 is 4.77. The molecule has 0 aromatic heterocycles. The summed E-state index contributed by atoms with van der Waals surface area (Å²) in [6.07, 6.45) is 2.57. The zero-order valence-corrected chi connectivity index (χ0v) is 12.6. The molecule has 1 aliphatic heterocycles. The molecule has 0 spiro atoms. The molecule has 1 fully saturated rings. The van der Waals surface area contributed by atoms with E-state index in [0.717, 1.165) is 18.8 Å². The molecule has 0 saturated carbocycles. The average molecular weight is 276 g/mol. The predicted octanol–water partition coefficient (Wildman–Crippen LogP) is 2.90. The number of carbonyl (C=O) groups is 1. The lowest BCUT2D eigenvalue weighted by atomic mass is 10.0. The minimum absolute atomic E-state index is 0.0417. The van der Waals surface area contributed by atoms with Gasteiger partial charge in [0.2, 0.25) is 0 Å². The van der Waals surface area contributed by atoms with E-state index in [1.807, 2.05) is 13.8 Å². The smallest absolute Gasteiger partial charge is 0.310 e. The standard InChI is InChI=1S/C16H24N2O2/c1-12(16(19)20-3)13(2)17-14-6-8-15(9-7-14)18-10-4-5-11-18/h6-9,12-13,17H,4-5,10-11H2,1-3H3. The molecule has 4 heteroatoms. The van der Waals surface area contributed by atoms with E-state index in [0.29, 0.717) is 0 Å². The normalized spacial score (nSPS) is 17.6. The van der Waals surface area contributed by atoms with Crippen LogP contribution in [0.2, 0.25) is 0 Å². The van der Waals surface area contributed by atoms with Gasteiger partial charge in [-0.05, 0) is 51.0 Å². The molecule has 0 aliphatic carbocycles. The van der Waals surface area contributed by atoms with E-state index in [1.54, 1.807) is 0 Å². The third kappa shape index (κ3) is 3.44. The van der Waals surface area contributed by atoms with Gasteiger partial charge in [0, 0.05) is 30.5 Å². The van der Waals surface area contributed by atoms with Crippen LogP contribution in [0.3, 0.4) is 0 Å². The van der Waals surface area contributed by atoms with Gasteiger partial charge >= 0.3 is 5.97 Å². The number of ether oxygens (including phenoxy) is 1. The van der Waals surface area contributed by atoms with Crippen LogP contribution >= 0.6 is 0 Å². The van der Waals surface area contributed by atoms with Crippen molar-refractivity contribution in [3.05, 3.63) is 24.3 Å². The molecule has 0 amide bonds. The van der Waals surface area contributed by atoms with Crippen molar-refractivity contribution in [1.82, 2.24) is 0 Å². The Morgan fingerprint density at radius 1 is 1.20 bits per heavy atom. The number of hydrogen-bond acceptors (Lipinski definition) is 4. The number of rotatable bonds is 5. The van der Waals surface area contributed by atoms with Crippen LogP contribution in [-0.2, 0) is 9.53 Å². The summed E-state index contributed by atoms with van der Waals surface area (Å²) in [5, 5.41) is 3.36. The van der Waals surface area contributed by atoms with Crippen LogP contribution in [0.25, 0.3) is 0 Å². The fraction of sp³-hybridized carbons (Fsp3) is 0.562. The van der Waals surface area contributed by atoms with Gasteiger partial charge in [0.05, 0.1) is 13.0 Å². The fourth-order valence-electron chi connectivity index (χ4n) is 2.52. The Kier molecular flexibility index (Phi) is 4.88.